The molecule has 6 heteroatoms. The SMILES string of the molecule is CCOc1ccc(N2C(=O)c3ccccc3[C@@H]2Nc2cccc(C(=O)Nc3ccc(C)c(C)c3)c2)cc1. The van der Waals surface area contributed by atoms with Gasteiger partial charge in [-0.2, -0.15) is 0 Å². The third kappa shape index (κ3) is 4.91. The molecule has 1 aliphatic heterocycles. The Morgan fingerprint density at radius 3 is 2.41 bits per heavy atom. The molecule has 1 atom stereocenters. The standard InChI is InChI=1S/C31H29N3O3/c1-4-37-26-16-14-25(15-17-26)34-29(27-10-5-6-11-28(27)31(34)36)32-23-9-7-8-22(19-23)30(35)33-24-13-12-20(2)21(3)18-24/h5-19,29,32H,4H2,1-3H3,(H,33,35)/t29-/m1/s1. The van der Waals surface area contributed by atoms with E-state index in [2.05, 4.69) is 10.6 Å². The number of benzene rings is 4. The van der Waals surface area contributed by atoms with Crippen LogP contribution in [0.2, 0.25) is 0 Å². The van der Waals surface area contributed by atoms with Gasteiger partial charge in [-0.05, 0) is 92.6 Å². The summed E-state index contributed by atoms with van der Waals surface area (Å²) >= 11 is 0. The lowest BCUT2D eigenvalue weighted by atomic mass is 10.1. The second kappa shape index (κ2) is 10.2. The van der Waals surface area contributed by atoms with Crippen LogP contribution in [0, 0.1) is 13.8 Å². The minimum absolute atomic E-state index is 0.0825. The van der Waals surface area contributed by atoms with Gasteiger partial charge in [0.25, 0.3) is 11.8 Å². The van der Waals surface area contributed by atoms with E-state index in [-0.39, 0.29) is 11.8 Å². The Labute approximate surface area is 216 Å². The lowest BCUT2D eigenvalue weighted by molar-refractivity contribution is 0.0990. The maximum absolute atomic E-state index is 13.4. The predicted molar refractivity (Wildman–Crippen MR) is 148 cm³/mol. The van der Waals surface area contributed by atoms with Crippen molar-refractivity contribution in [3.63, 3.8) is 0 Å². The lowest BCUT2D eigenvalue weighted by Crippen LogP contribution is -2.32. The van der Waals surface area contributed by atoms with Gasteiger partial charge in [0.05, 0.1) is 6.61 Å². The normalized spacial score (nSPS) is 14.3. The number of rotatable bonds is 7. The number of hydrogen-bond donors (Lipinski definition) is 2. The van der Waals surface area contributed by atoms with Crippen molar-refractivity contribution in [1.29, 1.82) is 0 Å². The Bertz CT molecular complexity index is 1460. The van der Waals surface area contributed by atoms with Crippen LogP contribution in [0.1, 0.15) is 50.5 Å². The quantitative estimate of drug-likeness (QED) is 0.301. The van der Waals surface area contributed by atoms with Crippen LogP contribution in [0.5, 0.6) is 5.75 Å². The Morgan fingerprint density at radius 2 is 1.65 bits per heavy atom. The van der Waals surface area contributed by atoms with Crippen LogP contribution in [-0.4, -0.2) is 18.4 Å². The van der Waals surface area contributed by atoms with E-state index in [1.165, 1.54) is 5.56 Å². The van der Waals surface area contributed by atoms with Gasteiger partial charge in [-0.15, -0.1) is 0 Å². The third-order valence-corrected chi connectivity index (χ3v) is 6.58. The molecular formula is C31H29N3O3. The molecule has 5 rings (SSSR count). The largest absolute Gasteiger partial charge is 0.494 e. The Balaban J connectivity index is 1.42. The van der Waals surface area contributed by atoms with Gasteiger partial charge in [-0.3, -0.25) is 14.5 Å². The highest BCUT2D eigenvalue weighted by Gasteiger charge is 2.37. The van der Waals surface area contributed by atoms with E-state index < -0.39 is 6.17 Å². The average molecular weight is 492 g/mol. The van der Waals surface area contributed by atoms with Gasteiger partial charge in [0.1, 0.15) is 11.9 Å². The molecule has 1 heterocycles. The van der Waals surface area contributed by atoms with Crippen molar-refractivity contribution < 1.29 is 14.3 Å². The molecule has 4 aromatic carbocycles. The number of fused-ring (bicyclic) bond motifs is 1. The van der Waals surface area contributed by atoms with Crippen molar-refractivity contribution in [1.82, 2.24) is 0 Å². The summed E-state index contributed by atoms with van der Waals surface area (Å²) in [5.41, 5.74) is 6.59. The number of anilines is 3. The van der Waals surface area contributed by atoms with Gasteiger partial charge in [0.2, 0.25) is 0 Å². The van der Waals surface area contributed by atoms with E-state index in [0.29, 0.717) is 17.7 Å². The first-order valence-electron chi connectivity index (χ1n) is 12.3. The summed E-state index contributed by atoms with van der Waals surface area (Å²) in [6, 6.07) is 28.3. The number of ether oxygens (including phenoxy) is 1. The van der Waals surface area contributed by atoms with E-state index in [1.54, 1.807) is 17.0 Å². The van der Waals surface area contributed by atoms with E-state index in [4.69, 9.17) is 4.74 Å². The fourth-order valence-electron chi connectivity index (χ4n) is 4.53. The summed E-state index contributed by atoms with van der Waals surface area (Å²) in [6.45, 7) is 6.57. The molecule has 1 aliphatic rings. The zero-order valence-electron chi connectivity index (χ0n) is 21.1. The van der Waals surface area contributed by atoms with E-state index in [1.807, 2.05) is 99.6 Å². The highest BCUT2D eigenvalue weighted by atomic mass is 16.5. The van der Waals surface area contributed by atoms with Gasteiger partial charge < -0.3 is 15.4 Å². The van der Waals surface area contributed by atoms with Crippen LogP contribution in [-0.2, 0) is 0 Å². The highest BCUT2D eigenvalue weighted by Crippen LogP contribution is 2.38. The molecule has 0 aromatic heterocycles. The molecule has 0 aliphatic carbocycles. The third-order valence-electron chi connectivity index (χ3n) is 6.58. The topological polar surface area (TPSA) is 70.7 Å². The summed E-state index contributed by atoms with van der Waals surface area (Å²) < 4.78 is 5.57. The van der Waals surface area contributed by atoms with Crippen LogP contribution in [0.3, 0.4) is 0 Å². The number of amides is 2. The minimum Gasteiger partial charge on any atom is -0.494 e. The second-order valence-electron chi connectivity index (χ2n) is 9.07. The van der Waals surface area contributed by atoms with Crippen molar-refractivity contribution >= 4 is 28.9 Å². The minimum atomic E-state index is -0.431. The first-order valence-corrected chi connectivity index (χ1v) is 12.3. The molecule has 0 saturated carbocycles. The number of nitrogens with zero attached hydrogens (tertiary/aromatic N) is 1. The first-order chi connectivity index (χ1) is 17.9. The molecule has 0 unspecified atom stereocenters. The molecular weight excluding hydrogens is 462 g/mol. The first kappa shape index (κ1) is 24.1. The summed E-state index contributed by atoms with van der Waals surface area (Å²) in [5, 5.41) is 6.46. The number of aryl methyl sites for hydroxylation is 2. The molecule has 4 aromatic rings. The van der Waals surface area contributed by atoms with E-state index >= 15 is 0 Å². The fraction of sp³-hybridized carbons (Fsp3) is 0.161. The Kier molecular flexibility index (Phi) is 6.64. The molecule has 0 bridgehead atoms. The summed E-state index contributed by atoms with van der Waals surface area (Å²) in [4.78, 5) is 28.2. The van der Waals surface area contributed by atoms with Crippen LogP contribution in [0.15, 0.2) is 91.0 Å². The van der Waals surface area contributed by atoms with Gasteiger partial charge >= 0.3 is 0 Å². The monoisotopic (exact) mass is 491 g/mol. The number of hydrogen-bond acceptors (Lipinski definition) is 4. The van der Waals surface area contributed by atoms with Crippen molar-refractivity contribution in [3.05, 3.63) is 119 Å². The van der Waals surface area contributed by atoms with Crippen LogP contribution in [0.4, 0.5) is 17.1 Å². The Hall–Kier alpha value is -4.58. The zero-order chi connectivity index (χ0) is 25.9. The van der Waals surface area contributed by atoms with Crippen molar-refractivity contribution in [2.24, 2.45) is 0 Å². The van der Waals surface area contributed by atoms with Crippen LogP contribution < -0.4 is 20.3 Å². The van der Waals surface area contributed by atoms with E-state index in [9.17, 15) is 9.59 Å². The van der Waals surface area contributed by atoms with Gasteiger partial charge in [0.15, 0.2) is 0 Å². The zero-order valence-corrected chi connectivity index (χ0v) is 21.1. The molecule has 2 amide bonds. The van der Waals surface area contributed by atoms with Crippen molar-refractivity contribution in [2.45, 2.75) is 26.9 Å². The van der Waals surface area contributed by atoms with Gasteiger partial charge in [-0.25, -0.2) is 0 Å². The van der Waals surface area contributed by atoms with Crippen LogP contribution >= 0.6 is 0 Å². The molecule has 0 fully saturated rings. The molecule has 0 radical (unpaired) electrons. The molecule has 186 valence electrons. The maximum Gasteiger partial charge on any atom is 0.260 e. The van der Waals surface area contributed by atoms with Gasteiger partial charge in [0, 0.05) is 33.8 Å². The number of nitrogens with one attached hydrogen (secondary N) is 2. The number of carbonyl (C=O) groups is 2. The lowest BCUT2D eigenvalue weighted by Gasteiger charge is -2.27. The smallest absolute Gasteiger partial charge is 0.260 e. The maximum atomic E-state index is 13.4. The predicted octanol–water partition coefficient (Wildman–Crippen LogP) is 6.73. The average Bonchev–Trinajstić information content (AvgIpc) is 3.18. The fourth-order valence-corrected chi connectivity index (χ4v) is 4.53. The Morgan fingerprint density at radius 1 is 0.865 bits per heavy atom. The molecule has 6 nitrogen and oxygen atoms in total. The second-order valence-corrected chi connectivity index (χ2v) is 9.07. The van der Waals surface area contributed by atoms with Gasteiger partial charge in [-0.1, -0.05) is 30.3 Å². The molecule has 37 heavy (non-hydrogen) atoms. The summed E-state index contributed by atoms with van der Waals surface area (Å²) in [7, 11) is 0. The van der Waals surface area contributed by atoms with Crippen LogP contribution in [0.25, 0.3) is 0 Å². The van der Waals surface area contributed by atoms with Crippen molar-refractivity contribution in [3.8, 4) is 5.75 Å². The summed E-state index contributed by atoms with van der Waals surface area (Å²) in [6.07, 6.45) is -0.431. The molecule has 2 N–H and O–H groups in total. The van der Waals surface area contributed by atoms with Crippen molar-refractivity contribution in [2.75, 3.05) is 22.1 Å². The summed E-state index contributed by atoms with van der Waals surface area (Å²) in [5.74, 6) is 0.474. The number of carbonyl (C=O) groups excluding carboxylic acids is 2. The molecule has 0 spiro atoms. The van der Waals surface area contributed by atoms with E-state index in [0.717, 1.165) is 33.9 Å². The molecule has 0 saturated heterocycles. The highest BCUT2D eigenvalue weighted by molar-refractivity contribution is 6.11.